The van der Waals surface area contributed by atoms with Crippen LogP contribution >= 0.6 is 0 Å². The summed E-state index contributed by atoms with van der Waals surface area (Å²) >= 11 is 0. The van der Waals surface area contributed by atoms with Crippen molar-refractivity contribution in [2.45, 2.75) is 62.6 Å². The van der Waals surface area contributed by atoms with Crippen LogP contribution in [0.2, 0.25) is 0 Å². The van der Waals surface area contributed by atoms with Gasteiger partial charge in [-0.1, -0.05) is 12.8 Å². The summed E-state index contributed by atoms with van der Waals surface area (Å²) in [6.07, 6.45) is 5.85. The summed E-state index contributed by atoms with van der Waals surface area (Å²) in [6.45, 7) is 0. The van der Waals surface area contributed by atoms with Crippen molar-refractivity contribution in [3.05, 3.63) is 0 Å². The molecule has 3 N–H and O–H groups in total. The SMILES string of the molecule is O=C(O)C1(NC2CCCCC2O)CCC1. The number of carboxylic acid groups (broad SMARTS) is 1. The molecule has 2 fully saturated rings. The van der Waals surface area contributed by atoms with E-state index in [0.29, 0.717) is 12.8 Å². The molecule has 0 bridgehead atoms. The van der Waals surface area contributed by atoms with Crippen molar-refractivity contribution in [3.63, 3.8) is 0 Å². The molecule has 2 rings (SSSR count). The van der Waals surface area contributed by atoms with E-state index in [0.717, 1.165) is 32.1 Å². The van der Waals surface area contributed by atoms with Crippen molar-refractivity contribution in [1.29, 1.82) is 0 Å². The molecule has 0 aromatic rings. The second kappa shape index (κ2) is 4.10. The fourth-order valence-electron chi connectivity index (χ4n) is 2.58. The van der Waals surface area contributed by atoms with Crippen molar-refractivity contribution in [2.75, 3.05) is 0 Å². The fraction of sp³-hybridized carbons (Fsp3) is 0.909. The predicted molar refractivity (Wildman–Crippen MR) is 55.6 cm³/mol. The molecule has 2 unspecified atom stereocenters. The van der Waals surface area contributed by atoms with Gasteiger partial charge in [-0.25, -0.2) is 0 Å². The van der Waals surface area contributed by atoms with Gasteiger partial charge in [-0.15, -0.1) is 0 Å². The van der Waals surface area contributed by atoms with Crippen LogP contribution in [0.15, 0.2) is 0 Å². The molecule has 2 aliphatic carbocycles. The van der Waals surface area contributed by atoms with E-state index in [9.17, 15) is 9.90 Å². The molecule has 0 saturated heterocycles. The number of carbonyl (C=O) groups is 1. The molecule has 0 heterocycles. The van der Waals surface area contributed by atoms with Gasteiger partial charge in [0.25, 0.3) is 0 Å². The zero-order valence-corrected chi connectivity index (χ0v) is 8.91. The molecule has 0 amide bonds. The summed E-state index contributed by atoms with van der Waals surface area (Å²) in [5, 5.41) is 22.1. The van der Waals surface area contributed by atoms with Crippen LogP contribution in [-0.4, -0.2) is 33.9 Å². The molecule has 4 nitrogen and oxygen atoms in total. The number of aliphatic hydroxyl groups excluding tert-OH is 1. The average molecular weight is 213 g/mol. The lowest BCUT2D eigenvalue weighted by Crippen LogP contribution is -2.62. The minimum atomic E-state index is -0.758. The third-order valence-electron chi connectivity index (χ3n) is 3.81. The summed E-state index contributed by atoms with van der Waals surface area (Å²) < 4.78 is 0. The molecule has 0 spiro atoms. The Morgan fingerprint density at radius 3 is 2.33 bits per heavy atom. The minimum Gasteiger partial charge on any atom is -0.480 e. The van der Waals surface area contributed by atoms with Crippen LogP contribution < -0.4 is 5.32 Å². The third-order valence-corrected chi connectivity index (χ3v) is 3.81. The number of hydrogen-bond acceptors (Lipinski definition) is 3. The first-order chi connectivity index (χ1) is 7.14. The molecule has 0 radical (unpaired) electrons. The molecule has 0 aromatic carbocycles. The molecule has 2 aliphatic rings. The first-order valence-electron chi connectivity index (χ1n) is 5.83. The largest absolute Gasteiger partial charge is 0.480 e. The van der Waals surface area contributed by atoms with Crippen LogP contribution in [0.4, 0.5) is 0 Å². The van der Waals surface area contributed by atoms with E-state index in [2.05, 4.69) is 5.32 Å². The molecular formula is C11H19NO3. The summed E-state index contributed by atoms with van der Waals surface area (Å²) in [5.41, 5.74) is -0.733. The highest BCUT2D eigenvalue weighted by Crippen LogP contribution is 2.34. The number of aliphatic hydroxyl groups is 1. The van der Waals surface area contributed by atoms with Gasteiger partial charge < -0.3 is 10.2 Å². The van der Waals surface area contributed by atoms with Crippen LogP contribution in [0.5, 0.6) is 0 Å². The van der Waals surface area contributed by atoms with Crippen LogP contribution in [0.25, 0.3) is 0 Å². The van der Waals surface area contributed by atoms with Crippen molar-refractivity contribution < 1.29 is 15.0 Å². The number of carboxylic acids is 1. The van der Waals surface area contributed by atoms with Gasteiger partial charge in [-0.05, 0) is 32.1 Å². The van der Waals surface area contributed by atoms with Crippen molar-refractivity contribution in [3.8, 4) is 0 Å². The number of aliphatic carboxylic acids is 1. The maximum atomic E-state index is 11.1. The number of hydrogen-bond donors (Lipinski definition) is 3. The van der Waals surface area contributed by atoms with E-state index >= 15 is 0 Å². The van der Waals surface area contributed by atoms with Crippen molar-refractivity contribution in [1.82, 2.24) is 5.32 Å². The second-order valence-electron chi connectivity index (χ2n) is 4.84. The normalized spacial score (nSPS) is 34.5. The summed E-state index contributed by atoms with van der Waals surface area (Å²) in [7, 11) is 0. The highest BCUT2D eigenvalue weighted by Gasteiger charge is 2.46. The Hall–Kier alpha value is -0.610. The Balaban J connectivity index is 1.96. The van der Waals surface area contributed by atoms with E-state index in [1.807, 2.05) is 0 Å². The molecule has 0 aliphatic heterocycles. The predicted octanol–water partition coefficient (Wildman–Crippen LogP) is 0.887. The zero-order valence-electron chi connectivity index (χ0n) is 8.91. The molecule has 2 atom stereocenters. The number of nitrogens with one attached hydrogen (secondary N) is 1. The van der Waals surface area contributed by atoms with Gasteiger partial charge in [0.1, 0.15) is 5.54 Å². The summed E-state index contributed by atoms with van der Waals surface area (Å²) in [5.74, 6) is -0.758. The minimum absolute atomic E-state index is 0.0184. The molecule has 15 heavy (non-hydrogen) atoms. The average Bonchev–Trinajstić information content (AvgIpc) is 2.13. The zero-order chi connectivity index (χ0) is 10.9. The Morgan fingerprint density at radius 2 is 1.87 bits per heavy atom. The van der Waals surface area contributed by atoms with Crippen molar-refractivity contribution in [2.24, 2.45) is 0 Å². The Kier molecular flexibility index (Phi) is 2.98. The third kappa shape index (κ3) is 2.01. The Bertz CT molecular complexity index is 250. The topological polar surface area (TPSA) is 69.6 Å². The lowest BCUT2D eigenvalue weighted by molar-refractivity contribution is -0.150. The Morgan fingerprint density at radius 1 is 1.20 bits per heavy atom. The van der Waals surface area contributed by atoms with Gasteiger partial charge in [-0.2, -0.15) is 0 Å². The van der Waals surface area contributed by atoms with Crippen molar-refractivity contribution >= 4 is 5.97 Å². The monoisotopic (exact) mass is 213 g/mol. The molecule has 86 valence electrons. The van der Waals surface area contributed by atoms with Gasteiger partial charge >= 0.3 is 5.97 Å². The van der Waals surface area contributed by atoms with Gasteiger partial charge in [0.15, 0.2) is 0 Å². The van der Waals surface area contributed by atoms with Crippen LogP contribution in [-0.2, 0) is 4.79 Å². The molecule has 4 heteroatoms. The van der Waals surface area contributed by atoms with Gasteiger partial charge in [0.05, 0.1) is 6.10 Å². The van der Waals surface area contributed by atoms with Gasteiger partial charge in [0.2, 0.25) is 0 Å². The van der Waals surface area contributed by atoms with E-state index < -0.39 is 11.5 Å². The van der Waals surface area contributed by atoms with E-state index in [-0.39, 0.29) is 12.1 Å². The van der Waals surface area contributed by atoms with Crippen LogP contribution in [0, 0.1) is 0 Å². The first-order valence-corrected chi connectivity index (χ1v) is 5.83. The van der Waals surface area contributed by atoms with E-state index in [4.69, 9.17) is 5.11 Å². The summed E-state index contributed by atoms with van der Waals surface area (Å²) in [6, 6.07) is -0.0184. The van der Waals surface area contributed by atoms with Crippen LogP contribution in [0.1, 0.15) is 44.9 Å². The highest BCUT2D eigenvalue weighted by atomic mass is 16.4. The lowest BCUT2D eigenvalue weighted by Gasteiger charge is -2.43. The quantitative estimate of drug-likeness (QED) is 0.651. The van der Waals surface area contributed by atoms with Gasteiger partial charge in [0, 0.05) is 6.04 Å². The standard InChI is InChI=1S/C11H19NO3/c13-9-5-2-1-4-8(9)12-11(10(14)15)6-3-7-11/h8-9,12-13H,1-7H2,(H,14,15). The maximum Gasteiger partial charge on any atom is 0.323 e. The smallest absolute Gasteiger partial charge is 0.323 e. The molecular weight excluding hydrogens is 194 g/mol. The molecule has 2 saturated carbocycles. The first kappa shape index (κ1) is 10.9. The molecule has 0 aromatic heterocycles. The number of rotatable bonds is 3. The van der Waals surface area contributed by atoms with E-state index in [1.54, 1.807) is 0 Å². The van der Waals surface area contributed by atoms with Gasteiger partial charge in [-0.3, -0.25) is 10.1 Å². The highest BCUT2D eigenvalue weighted by molar-refractivity contribution is 5.80. The fourth-order valence-corrected chi connectivity index (χ4v) is 2.58. The van der Waals surface area contributed by atoms with Crippen LogP contribution in [0.3, 0.4) is 0 Å². The Labute approximate surface area is 89.7 Å². The second-order valence-corrected chi connectivity index (χ2v) is 4.84. The van der Waals surface area contributed by atoms with E-state index in [1.165, 1.54) is 0 Å². The maximum absolute atomic E-state index is 11.1. The lowest BCUT2D eigenvalue weighted by atomic mass is 9.75. The summed E-state index contributed by atoms with van der Waals surface area (Å²) in [4.78, 5) is 11.1.